The van der Waals surface area contributed by atoms with E-state index in [0.717, 1.165) is 11.8 Å². The zero-order valence-electron chi connectivity index (χ0n) is 13.2. The maximum atomic E-state index is 9.00. The van der Waals surface area contributed by atoms with Gasteiger partial charge >= 0.3 is 37.7 Å². The predicted octanol–water partition coefficient (Wildman–Crippen LogP) is 3.78. The van der Waals surface area contributed by atoms with Crippen molar-refractivity contribution < 1.29 is 15.4 Å². The van der Waals surface area contributed by atoms with E-state index in [-0.39, 0.29) is 43.2 Å². The fourth-order valence-electron chi connectivity index (χ4n) is 2.78. The van der Waals surface area contributed by atoms with E-state index >= 15 is 0 Å². The van der Waals surface area contributed by atoms with Crippen LogP contribution in [0.25, 0.3) is 32.3 Å². The quantitative estimate of drug-likeness (QED) is 0.211. The number of hydrogen-bond acceptors (Lipinski definition) is 2. The van der Waals surface area contributed by atoms with E-state index in [1.807, 2.05) is 0 Å². The Labute approximate surface area is 181 Å². The van der Waals surface area contributed by atoms with Crippen molar-refractivity contribution in [2.75, 3.05) is 0 Å². The molecule has 0 heterocycles. The van der Waals surface area contributed by atoms with Gasteiger partial charge in [-0.1, -0.05) is 48.5 Å². The van der Waals surface area contributed by atoms with Crippen LogP contribution in [-0.2, 0) is 4.79 Å². The molecule has 126 valence electrons. The van der Waals surface area contributed by atoms with Crippen molar-refractivity contribution in [3.8, 4) is 0 Å². The molecule has 3 nitrogen and oxygen atoms in total. The van der Waals surface area contributed by atoms with Crippen LogP contribution in [0.5, 0.6) is 0 Å². The van der Waals surface area contributed by atoms with Gasteiger partial charge in [-0.2, -0.15) is 0 Å². The van der Waals surface area contributed by atoms with Crippen LogP contribution < -0.4 is 0 Å². The summed E-state index contributed by atoms with van der Waals surface area (Å²) < 4.78 is 0. The molecule has 0 saturated carbocycles. The first-order valence-electron chi connectivity index (χ1n) is 7.29. The SMILES string of the molecule is CC(=O)O.O.Sc1cccc2ccc3cc4ccccc4cc3c12.[CaH2]. The summed E-state index contributed by atoms with van der Waals surface area (Å²) in [5.41, 5.74) is 0. The summed E-state index contributed by atoms with van der Waals surface area (Å²) in [5, 5.41) is 15.0. The van der Waals surface area contributed by atoms with Crippen molar-refractivity contribution in [1.82, 2.24) is 0 Å². The average molecular weight is 381 g/mol. The molecule has 0 aliphatic heterocycles. The first-order valence-corrected chi connectivity index (χ1v) is 7.74. The molecule has 4 aromatic carbocycles. The molecule has 0 saturated heterocycles. The molecule has 0 bridgehead atoms. The summed E-state index contributed by atoms with van der Waals surface area (Å²) in [6.07, 6.45) is 0. The Hall–Kier alpha value is -1.30. The number of aliphatic carboxylic acids is 1. The van der Waals surface area contributed by atoms with Crippen molar-refractivity contribution >= 4 is 88.7 Å². The van der Waals surface area contributed by atoms with Crippen LogP contribution in [0.15, 0.2) is 71.6 Å². The first kappa shape index (κ1) is 21.7. The Balaban J connectivity index is 0.000000476. The molecular weight excluding hydrogens is 360 g/mol. The molecule has 0 amide bonds. The molecule has 0 aromatic heterocycles. The van der Waals surface area contributed by atoms with Gasteiger partial charge in [-0.25, -0.2) is 0 Å². The summed E-state index contributed by atoms with van der Waals surface area (Å²) in [6, 6.07) is 23.6. The number of carboxylic acid groups (broad SMARTS) is 1. The van der Waals surface area contributed by atoms with Crippen molar-refractivity contribution in [2.24, 2.45) is 0 Å². The van der Waals surface area contributed by atoms with Crippen LogP contribution in [0.1, 0.15) is 6.92 Å². The molecule has 5 heteroatoms. The number of hydrogen-bond donors (Lipinski definition) is 2. The van der Waals surface area contributed by atoms with E-state index in [9.17, 15) is 0 Å². The zero-order valence-corrected chi connectivity index (χ0v) is 14.0. The standard InChI is InChI=1S/C18H12S.C2H4O2.Ca.H2O.2H/c19-17-7-3-6-12-8-9-15-10-13-4-1-2-5-14(13)11-16(15)18(12)17;1-2(3)4;;;;/h1-11,19H;1H3,(H,3,4);;1H2;;. The first-order chi connectivity index (χ1) is 11.1. The zero-order chi connectivity index (χ0) is 16.4. The second-order valence-corrected chi connectivity index (χ2v) is 5.86. The molecule has 25 heavy (non-hydrogen) atoms. The Bertz CT molecular complexity index is 1030. The van der Waals surface area contributed by atoms with E-state index < -0.39 is 5.97 Å². The van der Waals surface area contributed by atoms with Crippen LogP contribution >= 0.6 is 12.6 Å². The summed E-state index contributed by atoms with van der Waals surface area (Å²) in [5.74, 6) is -0.833. The second kappa shape index (κ2) is 9.41. The molecule has 0 spiro atoms. The van der Waals surface area contributed by atoms with Gasteiger partial charge < -0.3 is 10.6 Å². The number of thiol groups is 1. The number of fused-ring (bicyclic) bond motifs is 4. The Kier molecular flexibility index (Phi) is 8.19. The van der Waals surface area contributed by atoms with Gasteiger partial charge in [-0.05, 0) is 45.1 Å². The van der Waals surface area contributed by atoms with Crippen LogP contribution in [0.4, 0.5) is 0 Å². The second-order valence-electron chi connectivity index (χ2n) is 5.38. The average Bonchev–Trinajstić information content (AvgIpc) is 2.52. The molecule has 0 aliphatic rings. The van der Waals surface area contributed by atoms with Gasteiger partial charge in [0.05, 0.1) is 0 Å². The predicted molar refractivity (Wildman–Crippen MR) is 112 cm³/mol. The van der Waals surface area contributed by atoms with Crippen LogP contribution in [0, 0.1) is 0 Å². The van der Waals surface area contributed by atoms with Gasteiger partial charge in [0.25, 0.3) is 5.97 Å². The third-order valence-corrected chi connectivity index (χ3v) is 4.08. The van der Waals surface area contributed by atoms with Crippen molar-refractivity contribution in [3.63, 3.8) is 0 Å². The van der Waals surface area contributed by atoms with E-state index in [2.05, 4.69) is 79.4 Å². The van der Waals surface area contributed by atoms with Crippen LogP contribution in [0.3, 0.4) is 0 Å². The van der Waals surface area contributed by atoms with Gasteiger partial charge in [0, 0.05) is 17.2 Å². The van der Waals surface area contributed by atoms with Crippen LogP contribution in [0.2, 0.25) is 0 Å². The number of carbonyl (C=O) groups is 1. The maximum absolute atomic E-state index is 9.00. The minimum atomic E-state index is -0.833. The molecule has 4 rings (SSSR count). The van der Waals surface area contributed by atoms with Crippen LogP contribution in [-0.4, -0.2) is 54.3 Å². The van der Waals surface area contributed by atoms with Gasteiger partial charge in [-0.3, -0.25) is 4.79 Å². The Morgan fingerprint density at radius 1 is 0.840 bits per heavy atom. The summed E-state index contributed by atoms with van der Waals surface area (Å²) in [4.78, 5) is 10.0. The minimum absolute atomic E-state index is 0. The van der Waals surface area contributed by atoms with Crippen molar-refractivity contribution in [1.29, 1.82) is 0 Å². The summed E-state index contributed by atoms with van der Waals surface area (Å²) >= 11 is 4.62. The molecule has 0 aliphatic carbocycles. The van der Waals surface area contributed by atoms with Gasteiger partial charge in [0.15, 0.2) is 0 Å². The van der Waals surface area contributed by atoms with E-state index in [0.29, 0.717) is 0 Å². The topological polar surface area (TPSA) is 68.8 Å². The Morgan fingerprint density at radius 2 is 1.36 bits per heavy atom. The molecule has 0 radical (unpaired) electrons. The number of rotatable bonds is 0. The summed E-state index contributed by atoms with van der Waals surface area (Å²) in [7, 11) is 0. The molecule has 4 aromatic rings. The van der Waals surface area contributed by atoms with E-state index in [4.69, 9.17) is 9.90 Å². The number of carboxylic acids is 1. The van der Waals surface area contributed by atoms with Gasteiger partial charge in [0.1, 0.15) is 0 Å². The molecule has 3 N–H and O–H groups in total. The molecular formula is C20H20CaO3S. The normalized spacial score (nSPS) is 9.68. The third-order valence-electron chi connectivity index (χ3n) is 3.70. The third kappa shape index (κ3) is 4.87. The molecule has 0 fully saturated rings. The van der Waals surface area contributed by atoms with Crippen molar-refractivity contribution in [2.45, 2.75) is 11.8 Å². The van der Waals surface area contributed by atoms with Crippen molar-refractivity contribution in [3.05, 3.63) is 66.7 Å². The van der Waals surface area contributed by atoms with E-state index in [1.165, 1.54) is 32.3 Å². The van der Waals surface area contributed by atoms with Gasteiger partial charge in [0.2, 0.25) is 0 Å². The fourth-order valence-corrected chi connectivity index (χ4v) is 3.12. The number of benzene rings is 4. The monoisotopic (exact) mass is 380 g/mol. The molecule has 0 unspecified atom stereocenters. The fraction of sp³-hybridized carbons (Fsp3) is 0.0500. The Morgan fingerprint density at radius 3 is 2.00 bits per heavy atom. The molecule has 0 atom stereocenters. The summed E-state index contributed by atoms with van der Waals surface area (Å²) in [6.45, 7) is 1.08. The van der Waals surface area contributed by atoms with Gasteiger partial charge in [-0.15, -0.1) is 12.6 Å². The van der Waals surface area contributed by atoms with E-state index in [1.54, 1.807) is 0 Å².